The standard InChI is InChI=1S/C18H14O5/c1-9-13(19)5-4-12-17(20)16(10(2)23-18(9)12)11-3-6-14-15(7-11)22-8-21-14/h3-7,19H,8H2,1-2H3. The van der Waals surface area contributed by atoms with E-state index in [0.717, 1.165) is 0 Å². The van der Waals surface area contributed by atoms with Crippen LogP contribution in [0.1, 0.15) is 11.3 Å². The van der Waals surface area contributed by atoms with Crippen molar-refractivity contribution in [2.24, 2.45) is 0 Å². The molecule has 5 nitrogen and oxygen atoms in total. The lowest BCUT2D eigenvalue weighted by molar-refractivity contribution is 0.174. The van der Waals surface area contributed by atoms with E-state index in [1.165, 1.54) is 6.07 Å². The molecule has 0 atom stereocenters. The van der Waals surface area contributed by atoms with Gasteiger partial charge in [0.1, 0.15) is 17.1 Å². The molecule has 0 radical (unpaired) electrons. The van der Waals surface area contributed by atoms with Gasteiger partial charge < -0.3 is 19.0 Å². The van der Waals surface area contributed by atoms with Gasteiger partial charge >= 0.3 is 0 Å². The zero-order valence-corrected chi connectivity index (χ0v) is 12.7. The summed E-state index contributed by atoms with van der Waals surface area (Å²) in [5.41, 5.74) is 2.04. The van der Waals surface area contributed by atoms with Crippen molar-refractivity contribution in [3.05, 3.63) is 51.9 Å². The Hall–Kier alpha value is -2.95. The van der Waals surface area contributed by atoms with Gasteiger partial charge in [0.05, 0.1) is 10.9 Å². The molecule has 5 heteroatoms. The maximum absolute atomic E-state index is 12.9. The van der Waals surface area contributed by atoms with Crippen LogP contribution in [0.15, 0.2) is 39.5 Å². The quantitative estimate of drug-likeness (QED) is 0.745. The number of fused-ring (bicyclic) bond motifs is 2. The van der Waals surface area contributed by atoms with Crippen LogP contribution < -0.4 is 14.9 Å². The van der Waals surface area contributed by atoms with Gasteiger partial charge in [0, 0.05) is 5.56 Å². The molecule has 1 aromatic heterocycles. The number of ether oxygens (including phenoxy) is 2. The summed E-state index contributed by atoms with van der Waals surface area (Å²) in [6, 6.07) is 8.46. The van der Waals surface area contributed by atoms with Crippen molar-refractivity contribution in [1.29, 1.82) is 0 Å². The summed E-state index contributed by atoms with van der Waals surface area (Å²) in [6.07, 6.45) is 0. The van der Waals surface area contributed by atoms with Crippen LogP contribution in [0.5, 0.6) is 17.2 Å². The molecule has 0 saturated heterocycles. The summed E-state index contributed by atoms with van der Waals surface area (Å²) in [4.78, 5) is 12.9. The smallest absolute Gasteiger partial charge is 0.231 e. The molecule has 2 heterocycles. The lowest BCUT2D eigenvalue weighted by Crippen LogP contribution is -2.08. The van der Waals surface area contributed by atoms with Crippen molar-refractivity contribution < 1.29 is 19.0 Å². The molecule has 0 amide bonds. The molecular weight excluding hydrogens is 296 g/mol. The Bertz CT molecular complexity index is 1000. The fourth-order valence-corrected chi connectivity index (χ4v) is 2.88. The fraction of sp³-hybridized carbons (Fsp3) is 0.167. The first-order valence-electron chi connectivity index (χ1n) is 7.22. The van der Waals surface area contributed by atoms with Crippen molar-refractivity contribution in [3.63, 3.8) is 0 Å². The zero-order valence-electron chi connectivity index (χ0n) is 12.7. The fourth-order valence-electron chi connectivity index (χ4n) is 2.88. The van der Waals surface area contributed by atoms with Gasteiger partial charge in [0.25, 0.3) is 0 Å². The lowest BCUT2D eigenvalue weighted by Gasteiger charge is -2.10. The van der Waals surface area contributed by atoms with E-state index in [1.807, 2.05) is 6.07 Å². The number of aryl methyl sites for hydroxylation is 2. The summed E-state index contributed by atoms with van der Waals surface area (Å²) in [5.74, 6) is 1.88. The lowest BCUT2D eigenvalue weighted by atomic mass is 10.0. The van der Waals surface area contributed by atoms with Crippen LogP contribution in [0.2, 0.25) is 0 Å². The van der Waals surface area contributed by atoms with Crippen molar-refractivity contribution in [2.45, 2.75) is 13.8 Å². The van der Waals surface area contributed by atoms with Crippen LogP contribution in [-0.2, 0) is 0 Å². The summed E-state index contributed by atoms with van der Waals surface area (Å²) in [5, 5.41) is 10.2. The first kappa shape index (κ1) is 13.7. The largest absolute Gasteiger partial charge is 0.508 e. The van der Waals surface area contributed by atoms with E-state index in [9.17, 15) is 9.90 Å². The van der Waals surface area contributed by atoms with E-state index >= 15 is 0 Å². The number of hydrogen-bond donors (Lipinski definition) is 1. The van der Waals surface area contributed by atoms with E-state index in [4.69, 9.17) is 13.9 Å². The molecule has 0 unspecified atom stereocenters. The first-order valence-corrected chi connectivity index (χ1v) is 7.22. The molecule has 1 N–H and O–H groups in total. The van der Waals surface area contributed by atoms with Gasteiger partial charge in [-0.25, -0.2) is 0 Å². The maximum Gasteiger partial charge on any atom is 0.231 e. The third kappa shape index (κ3) is 1.97. The molecule has 0 aliphatic carbocycles. The third-order valence-electron chi connectivity index (χ3n) is 4.12. The molecule has 1 aliphatic heterocycles. The molecule has 3 aromatic rings. The molecular formula is C18H14O5. The van der Waals surface area contributed by atoms with Crippen LogP contribution >= 0.6 is 0 Å². The number of aromatic hydroxyl groups is 1. The Kier molecular flexibility index (Phi) is 2.84. The Labute approximate surface area is 131 Å². The predicted molar refractivity (Wildman–Crippen MR) is 85.2 cm³/mol. The number of rotatable bonds is 1. The van der Waals surface area contributed by atoms with E-state index in [-0.39, 0.29) is 18.0 Å². The average molecular weight is 310 g/mol. The van der Waals surface area contributed by atoms with E-state index in [2.05, 4.69) is 0 Å². The minimum Gasteiger partial charge on any atom is -0.508 e. The summed E-state index contributed by atoms with van der Waals surface area (Å²) >= 11 is 0. The minimum atomic E-state index is -0.134. The Morgan fingerprint density at radius 3 is 2.65 bits per heavy atom. The van der Waals surface area contributed by atoms with Crippen LogP contribution in [0, 0.1) is 13.8 Å². The SMILES string of the molecule is Cc1oc2c(C)c(O)ccc2c(=O)c1-c1ccc2c(c1)OCO2. The van der Waals surface area contributed by atoms with E-state index < -0.39 is 0 Å². The highest BCUT2D eigenvalue weighted by atomic mass is 16.7. The van der Waals surface area contributed by atoms with E-state index in [1.54, 1.807) is 32.0 Å². The van der Waals surface area contributed by atoms with Crippen LogP contribution in [0.25, 0.3) is 22.1 Å². The highest BCUT2D eigenvalue weighted by Gasteiger charge is 2.19. The molecule has 23 heavy (non-hydrogen) atoms. The average Bonchev–Trinajstić information content (AvgIpc) is 2.99. The van der Waals surface area contributed by atoms with Gasteiger partial charge in [0.2, 0.25) is 12.2 Å². The molecule has 116 valence electrons. The molecule has 0 fully saturated rings. The van der Waals surface area contributed by atoms with Gasteiger partial charge in [-0.1, -0.05) is 6.07 Å². The molecule has 1 aliphatic rings. The van der Waals surface area contributed by atoms with Crippen molar-refractivity contribution in [3.8, 4) is 28.4 Å². The topological polar surface area (TPSA) is 68.9 Å². The van der Waals surface area contributed by atoms with Gasteiger partial charge in [-0.3, -0.25) is 4.79 Å². The van der Waals surface area contributed by atoms with Crippen molar-refractivity contribution >= 4 is 11.0 Å². The van der Waals surface area contributed by atoms with Crippen LogP contribution in [0.3, 0.4) is 0 Å². The van der Waals surface area contributed by atoms with Crippen molar-refractivity contribution in [2.75, 3.05) is 6.79 Å². The number of hydrogen-bond acceptors (Lipinski definition) is 5. The Morgan fingerprint density at radius 2 is 1.83 bits per heavy atom. The monoisotopic (exact) mass is 310 g/mol. The second-order valence-corrected chi connectivity index (χ2v) is 5.52. The van der Waals surface area contributed by atoms with Crippen molar-refractivity contribution in [1.82, 2.24) is 0 Å². The summed E-state index contributed by atoms with van der Waals surface area (Å²) in [7, 11) is 0. The molecule has 4 rings (SSSR count). The summed E-state index contributed by atoms with van der Waals surface area (Å²) in [6.45, 7) is 3.65. The first-order chi connectivity index (χ1) is 11.1. The summed E-state index contributed by atoms with van der Waals surface area (Å²) < 4.78 is 16.5. The number of benzene rings is 2. The predicted octanol–water partition coefficient (Wildman–Crippen LogP) is 3.51. The van der Waals surface area contributed by atoms with Crippen LogP contribution in [-0.4, -0.2) is 11.9 Å². The Morgan fingerprint density at radius 1 is 1.04 bits per heavy atom. The molecule has 0 spiro atoms. The van der Waals surface area contributed by atoms with Gasteiger partial charge in [-0.2, -0.15) is 0 Å². The maximum atomic E-state index is 12.9. The second-order valence-electron chi connectivity index (χ2n) is 5.52. The zero-order chi connectivity index (χ0) is 16.1. The minimum absolute atomic E-state index is 0.107. The molecule has 0 saturated carbocycles. The normalized spacial score (nSPS) is 12.8. The van der Waals surface area contributed by atoms with Crippen LogP contribution in [0.4, 0.5) is 0 Å². The Balaban J connectivity index is 2.01. The van der Waals surface area contributed by atoms with Gasteiger partial charge in [-0.15, -0.1) is 0 Å². The highest BCUT2D eigenvalue weighted by Crippen LogP contribution is 2.37. The van der Waals surface area contributed by atoms with Gasteiger partial charge in [0.15, 0.2) is 11.5 Å². The third-order valence-corrected chi connectivity index (χ3v) is 4.12. The van der Waals surface area contributed by atoms with Gasteiger partial charge in [-0.05, 0) is 43.7 Å². The number of phenolic OH excluding ortho intramolecular Hbond substituents is 1. The molecule has 0 bridgehead atoms. The highest BCUT2D eigenvalue weighted by molar-refractivity contribution is 5.86. The second kappa shape index (κ2) is 4.78. The molecule has 2 aromatic carbocycles. The number of phenols is 1. The van der Waals surface area contributed by atoms with E-state index in [0.29, 0.717) is 44.9 Å².